The molecule has 1 nitrogen and oxygen atoms in total. The molecule has 1 atom stereocenters. The smallest absolute Gasteiger partial charge is 0.109 e. The minimum Gasteiger partial charge on any atom is -0.307 e. The van der Waals surface area contributed by atoms with Crippen LogP contribution in [0.3, 0.4) is 0 Å². The van der Waals surface area contributed by atoms with Gasteiger partial charge in [0.05, 0.1) is 6.04 Å². The molecule has 0 fully saturated rings. The highest BCUT2D eigenvalue weighted by molar-refractivity contribution is 9.10. The van der Waals surface area contributed by atoms with Gasteiger partial charge in [0, 0.05) is 4.47 Å². The summed E-state index contributed by atoms with van der Waals surface area (Å²) in [5.41, 5.74) is 2.37. The second-order valence-electron chi connectivity index (χ2n) is 3.25. The van der Waals surface area contributed by atoms with Crippen molar-refractivity contribution in [3.63, 3.8) is 0 Å². The van der Waals surface area contributed by atoms with E-state index in [1.807, 2.05) is 12.1 Å². The van der Waals surface area contributed by atoms with Gasteiger partial charge in [0.1, 0.15) is 6.67 Å². The standard InChI is InChI=1S/C10H11BrFN/c11-8-1-2-9-7(5-8)3-4-13-10(9)6-12/h1-2,5,10,13H,3-4,6H2. The molecule has 2 rings (SSSR count). The van der Waals surface area contributed by atoms with Gasteiger partial charge in [-0.15, -0.1) is 0 Å². The van der Waals surface area contributed by atoms with Crippen LogP contribution in [-0.4, -0.2) is 13.2 Å². The monoisotopic (exact) mass is 243 g/mol. The summed E-state index contributed by atoms with van der Waals surface area (Å²) in [6, 6.07) is 5.94. The second-order valence-corrected chi connectivity index (χ2v) is 4.17. The number of nitrogens with one attached hydrogen (secondary N) is 1. The molecule has 0 saturated heterocycles. The van der Waals surface area contributed by atoms with Crippen LogP contribution < -0.4 is 5.32 Å². The molecule has 70 valence electrons. The molecule has 0 amide bonds. The van der Waals surface area contributed by atoms with Gasteiger partial charge in [0.2, 0.25) is 0 Å². The third kappa shape index (κ3) is 1.76. The van der Waals surface area contributed by atoms with Crippen molar-refractivity contribution >= 4 is 15.9 Å². The van der Waals surface area contributed by atoms with E-state index in [4.69, 9.17) is 0 Å². The lowest BCUT2D eigenvalue weighted by Gasteiger charge is -2.24. The van der Waals surface area contributed by atoms with Gasteiger partial charge in [-0.25, -0.2) is 4.39 Å². The number of hydrogen-bond donors (Lipinski definition) is 1. The van der Waals surface area contributed by atoms with Crippen molar-refractivity contribution in [1.29, 1.82) is 0 Å². The van der Waals surface area contributed by atoms with Crippen LogP contribution in [0.5, 0.6) is 0 Å². The molecule has 0 saturated carbocycles. The van der Waals surface area contributed by atoms with Crippen LogP contribution in [0, 0.1) is 0 Å². The average molecular weight is 244 g/mol. The predicted molar refractivity (Wildman–Crippen MR) is 54.6 cm³/mol. The zero-order chi connectivity index (χ0) is 9.26. The lowest BCUT2D eigenvalue weighted by atomic mass is 9.95. The van der Waals surface area contributed by atoms with Crippen molar-refractivity contribution in [2.45, 2.75) is 12.5 Å². The highest BCUT2D eigenvalue weighted by Gasteiger charge is 2.18. The van der Waals surface area contributed by atoms with Gasteiger partial charge in [0.25, 0.3) is 0 Å². The maximum absolute atomic E-state index is 12.6. The third-order valence-electron chi connectivity index (χ3n) is 2.42. The average Bonchev–Trinajstić information content (AvgIpc) is 2.16. The van der Waals surface area contributed by atoms with E-state index in [1.165, 1.54) is 5.56 Å². The normalized spacial score (nSPS) is 21.2. The molecular weight excluding hydrogens is 233 g/mol. The van der Waals surface area contributed by atoms with Crippen molar-refractivity contribution in [2.75, 3.05) is 13.2 Å². The zero-order valence-electron chi connectivity index (χ0n) is 7.19. The van der Waals surface area contributed by atoms with Gasteiger partial charge >= 0.3 is 0 Å². The van der Waals surface area contributed by atoms with Gasteiger partial charge in [-0.1, -0.05) is 22.0 Å². The highest BCUT2D eigenvalue weighted by atomic mass is 79.9. The summed E-state index contributed by atoms with van der Waals surface area (Å²) in [5.74, 6) is 0. The Balaban J connectivity index is 2.40. The van der Waals surface area contributed by atoms with E-state index in [2.05, 4.69) is 27.3 Å². The first-order valence-corrected chi connectivity index (χ1v) is 5.18. The van der Waals surface area contributed by atoms with E-state index in [1.54, 1.807) is 0 Å². The Morgan fingerprint density at radius 2 is 2.38 bits per heavy atom. The summed E-state index contributed by atoms with van der Waals surface area (Å²) in [5, 5.41) is 3.15. The number of fused-ring (bicyclic) bond motifs is 1. The summed E-state index contributed by atoms with van der Waals surface area (Å²) < 4.78 is 13.7. The van der Waals surface area contributed by atoms with Crippen LogP contribution in [-0.2, 0) is 6.42 Å². The van der Waals surface area contributed by atoms with Crippen LogP contribution in [0.4, 0.5) is 4.39 Å². The zero-order valence-corrected chi connectivity index (χ0v) is 8.77. The molecule has 0 bridgehead atoms. The summed E-state index contributed by atoms with van der Waals surface area (Å²) in [4.78, 5) is 0. The van der Waals surface area contributed by atoms with Crippen molar-refractivity contribution in [1.82, 2.24) is 5.32 Å². The van der Waals surface area contributed by atoms with Gasteiger partial charge in [0.15, 0.2) is 0 Å². The van der Waals surface area contributed by atoms with Gasteiger partial charge in [-0.3, -0.25) is 0 Å². The SMILES string of the molecule is FCC1NCCc2cc(Br)ccc21. The lowest BCUT2D eigenvalue weighted by Crippen LogP contribution is -2.30. The van der Waals surface area contributed by atoms with Crippen molar-refractivity contribution in [2.24, 2.45) is 0 Å². The molecule has 3 heteroatoms. The topological polar surface area (TPSA) is 12.0 Å². The fourth-order valence-electron chi connectivity index (χ4n) is 1.76. The van der Waals surface area contributed by atoms with Crippen LogP contribution in [0.1, 0.15) is 17.2 Å². The Bertz CT molecular complexity index is 314. The number of rotatable bonds is 1. The quantitative estimate of drug-likeness (QED) is 0.800. The van der Waals surface area contributed by atoms with Crippen LogP contribution in [0.25, 0.3) is 0 Å². The Labute approximate surface area is 85.5 Å². The maximum atomic E-state index is 12.6. The van der Waals surface area contributed by atoms with Crippen molar-refractivity contribution in [3.8, 4) is 0 Å². The fraction of sp³-hybridized carbons (Fsp3) is 0.400. The minimum atomic E-state index is -0.325. The first-order valence-electron chi connectivity index (χ1n) is 4.39. The second kappa shape index (κ2) is 3.76. The lowest BCUT2D eigenvalue weighted by molar-refractivity contribution is 0.371. The third-order valence-corrected chi connectivity index (χ3v) is 2.91. The number of benzene rings is 1. The van der Waals surface area contributed by atoms with E-state index in [0.717, 1.165) is 23.0 Å². The summed E-state index contributed by atoms with van der Waals surface area (Å²) in [6.07, 6.45) is 0.991. The summed E-state index contributed by atoms with van der Waals surface area (Å²) in [7, 11) is 0. The van der Waals surface area contributed by atoms with Crippen LogP contribution >= 0.6 is 15.9 Å². The van der Waals surface area contributed by atoms with Crippen LogP contribution in [0.15, 0.2) is 22.7 Å². The Hall–Kier alpha value is -0.410. The van der Waals surface area contributed by atoms with Crippen molar-refractivity contribution < 1.29 is 4.39 Å². The molecule has 1 heterocycles. The van der Waals surface area contributed by atoms with E-state index >= 15 is 0 Å². The molecule has 0 spiro atoms. The van der Waals surface area contributed by atoms with E-state index in [0.29, 0.717) is 0 Å². The molecule has 1 aliphatic rings. The molecule has 1 aliphatic heterocycles. The van der Waals surface area contributed by atoms with Gasteiger partial charge in [-0.2, -0.15) is 0 Å². The number of halogens is 2. The Morgan fingerprint density at radius 3 is 3.15 bits per heavy atom. The molecule has 1 unspecified atom stereocenters. The number of alkyl halides is 1. The van der Waals surface area contributed by atoms with E-state index < -0.39 is 0 Å². The first kappa shape index (κ1) is 9.16. The molecule has 13 heavy (non-hydrogen) atoms. The van der Waals surface area contributed by atoms with Crippen LogP contribution in [0.2, 0.25) is 0 Å². The summed E-state index contributed by atoms with van der Waals surface area (Å²) in [6.45, 7) is 0.548. The predicted octanol–water partition coefficient (Wildman–Crippen LogP) is 2.61. The van der Waals surface area contributed by atoms with Gasteiger partial charge in [-0.05, 0) is 36.2 Å². The van der Waals surface area contributed by atoms with Crippen molar-refractivity contribution in [3.05, 3.63) is 33.8 Å². The molecule has 1 aromatic rings. The molecule has 0 aromatic heterocycles. The first-order chi connectivity index (χ1) is 6.31. The maximum Gasteiger partial charge on any atom is 0.109 e. The fourth-order valence-corrected chi connectivity index (χ4v) is 2.17. The number of hydrogen-bond acceptors (Lipinski definition) is 1. The van der Waals surface area contributed by atoms with E-state index in [9.17, 15) is 4.39 Å². The minimum absolute atomic E-state index is 0.100. The molecule has 1 N–H and O–H groups in total. The molecule has 0 aliphatic carbocycles. The Morgan fingerprint density at radius 1 is 1.54 bits per heavy atom. The Kier molecular flexibility index (Phi) is 2.65. The summed E-state index contributed by atoms with van der Waals surface area (Å²) >= 11 is 3.42. The highest BCUT2D eigenvalue weighted by Crippen LogP contribution is 2.25. The largest absolute Gasteiger partial charge is 0.307 e. The molecule has 0 radical (unpaired) electrons. The van der Waals surface area contributed by atoms with E-state index in [-0.39, 0.29) is 12.7 Å². The molecule has 1 aromatic carbocycles. The van der Waals surface area contributed by atoms with Gasteiger partial charge < -0.3 is 5.32 Å². The molecular formula is C10H11BrFN.